The van der Waals surface area contributed by atoms with Gasteiger partial charge in [0.15, 0.2) is 0 Å². The molecular formula is C22H21FN2O3. The highest BCUT2D eigenvalue weighted by molar-refractivity contribution is 5.74. The minimum atomic E-state index is -0.329. The molecule has 4 rings (SSSR count). The van der Waals surface area contributed by atoms with Crippen LogP contribution in [0.4, 0.5) is 4.39 Å². The number of nitrogens with zero attached hydrogens (tertiary/aromatic N) is 1. The fourth-order valence-electron chi connectivity index (χ4n) is 3.33. The monoisotopic (exact) mass is 380 g/mol. The second-order valence-electron chi connectivity index (χ2n) is 6.87. The van der Waals surface area contributed by atoms with E-state index in [4.69, 9.17) is 9.47 Å². The van der Waals surface area contributed by atoms with Gasteiger partial charge >= 0.3 is 0 Å². The van der Waals surface area contributed by atoms with Crippen LogP contribution in [-0.2, 0) is 4.74 Å². The molecule has 0 bridgehead atoms. The summed E-state index contributed by atoms with van der Waals surface area (Å²) in [5.74, 6) is 1.22. The van der Waals surface area contributed by atoms with Crippen LogP contribution in [0.3, 0.4) is 0 Å². The predicted octanol–water partition coefficient (Wildman–Crippen LogP) is 4.05. The van der Waals surface area contributed by atoms with E-state index in [1.54, 1.807) is 6.07 Å². The van der Waals surface area contributed by atoms with Gasteiger partial charge in [-0.1, -0.05) is 18.2 Å². The number of nitrogens with one attached hydrogen (secondary N) is 1. The maximum atomic E-state index is 14.0. The minimum Gasteiger partial charge on any atom is -0.493 e. The number of aromatic amines is 1. The zero-order chi connectivity index (χ0) is 19.3. The van der Waals surface area contributed by atoms with Crippen molar-refractivity contribution in [1.82, 2.24) is 9.97 Å². The van der Waals surface area contributed by atoms with Crippen LogP contribution in [0.25, 0.3) is 22.5 Å². The third kappa shape index (κ3) is 4.28. The molecule has 1 saturated heterocycles. The lowest BCUT2D eigenvalue weighted by Crippen LogP contribution is -2.21. The molecule has 1 N–H and O–H groups in total. The molecule has 0 unspecified atom stereocenters. The van der Waals surface area contributed by atoms with Gasteiger partial charge in [-0.3, -0.25) is 4.79 Å². The molecule has 0 radical (unpaired) electrons. The van der Waals surface area contributed by atoms with Crippen molar-refractivity contribution in [1.29, 1.82) is 0 Å². The van der Waals surface area contributed by atoms with E-state index in [1.807, 2.05) is 24.3 Å². The first kappa shape index (κ1) is 18.4. The smallest absolute Gasteiger partial charge is 0.251 e. The SMILES string of the molecule is O=c1ccnc(-c2cccc(-c3cc(F)ccc3OCC3CCOCC3)c2)[nH]1. The zero-order valence-electron chi connectivity index (χ0n) is 15.4. The fourth-order valence-corrected chi connectivity index (χ4v) is 3.33. The van der Waals surface area contributed by atoms with E-state index in [1.165, 1.54) is 24.4 Å². The summed E-state index contributed by atoms with van der Waals surface area (Å²) in [6.45, 7) is 2.10. The molecule has 3 aromatic rings. The molecular weight excluding hydrogens is 359 g/mol. The Morgan fingerprint density at radius 3 is 2.75 bits per heavy atom. The lowest BCUT2D eigenvalue weighted by atomic mass is 10.0. The summed E-state index contributed by atoms with van der Waals surface area (Å²) < 4.78 is 25.4. The standard InChI is InChI=1S/C22H21FN2O3/c23-18-4-5-20(28-14-15-7-10-27-11-8-15)19(13-18)16-2-1-3-17(12-16)22-24-9-6-21(26)25-22/h1-6,9,12-13,15H,7-8,10-11,14H2,(H,24,25,26). The van der Waals surface area contributed by atoms with E-state index < -0.39 is 0 Å². The minimum absolute atomic E-state index is 0.221. The van der Waals surface area contributed by atoms with Crippen molar-refractivity contribution in [3.63, 3.8) is 0 Å². The molecule has 0 amide bonds. The first-order chi connectivity index (χ1) is 13.7. The molecule has 144 valence electrons. The Bertz CT molecular complexity index is 1010. The highest BCUT2D eigenvalue weighted by Gasteiger charge is 2.16. The van der Waals surface area contributed by atoms with E-state index in [0.717, 1.165) is 37.2 Å². The zero-order valence-corrected chi connectivity index (χ0v) is 15.4. The Morgan fingerprint density at radius 1 is 1.11 bits per heavy atom. The predicted molar refractivity (Wildman–Crippen MR) is 105 cm³/mol. The maximum Gasteiger partial charge on any atom is 0.251 e. The van der Waals surface area contributed by atoms with Gasteiger partial charge in [0.25, 0.3) is 5.56 Å². The van der Waals surface area contributed by atoms with Crippen LogP contribution in [0, 0.1) is 11.7 Å². The third-order valence-electron chi connectivity index (χ3n) is 4.88. The molecule has 6 heteroatoms. The lowest BCUT2D eigenvalue weighted by molar-refractivity contribution is 0.0498. The number of hydrogen-bond acceptors (Lipinski definition) is 4. The Balaban J connectivity index is 1.63. The number of H-pyrrole nitrogens is 1. The van der Waals surface area contributed by atoms with Gasteiger partial charge in [-0.05, 0) is 48.6 Å². The summed E-state index contributed by atoms with van der Waals surface area (Å²) in [6.07, 6.45) is 3.41. The van der Waals surface area contributed by atoms with E-state index >= 15 is 0 Å². The molecule has 0 saturated carbocycles. The van der Waals surface area contributed by atoms with Gasteiger partial charge in [-0.25, -0.2) is 9.37 Å². The number of halogens is 1. The van der Waals surface area contributed by atoms with Crippen LogP contribution in [0.5, 0.6) is 5.75 Å². The van der Waals surface area contributed by atoms with Gasteiger partial charge in [0.1, 0.15) is 17.4 Å². The Hall–Kier alpha value is -2.99. The first-order valence-electron chi connectivity index (χ1n) is 9.35. The van der Waals surface area contributed by atoms with Gasteiger partial charge < -0.3 is 14.5 Å². The quantitative estimate of drug-likeness (QED) is 0.725. The van der Waals surface area contributed by atoms with Crippen molar-refractivity contribution in [2.24, 2.45) is 5.92 Å². The molecule has 1 aliphatic heterocycles. The molecule has 1 aromatic heterocycles. The molecule has 0 aliphatic carbocycles. The van der Waals surface area contributed by atoms with Gasteiger partial charge in [-0.15, -0.1) is 0 Å². The number of hydrogen-bond donors (Lipinski definition) is 1. The Kier molecular flexibility index (Phi) is 5.48. The Morgan fingerprint density at radius 2 is 1.93 bits per heavy atom. The highest BCUT2D eigenvalue weighted by atomic mass is 19.1. The van der Waals surface area contributed by atoms with E-state index in [2.05, 4.69) is 9.97 Å². The first-order valence-corrected chi connectivity index (χ1v) is 9.35. The molecule has 2 heterocycles. The van der Waals surface area contributed by atoms with E-state index in [9.17, 15) is 9.18 Å². The number of benzene rings is 2. The van der Waals surface area contributed by atoms with Gasteiger partial charge in [0.2, 0.25) is 0 Å². The van der Waals surface area contributed by atoms with Crippen molar-refractivity contribution in [2.75, 3.05) is 19.8 Å². The maximum absolute atomic E-state index is 14.0. The number of ether oxygens (including phenoxy) is 2. The highest BCUT2D eigenvalue weighted by Crippen LogP contribution is 2.33. The summed E-state index contributed by atoms with van der Waals surface area (Å²) in [5, 5.41) is 0. The second-order valence-corrected chi connectivity index (χ2v) is 6.87. The topological polar surface area (TPSA) is 64.2 Å². The Labute approximate surface area is 162 Å². The molecule has 1 aliphatic rings. The van der Waals surface area contributed by atoms with Crippen molar-refractivity contribution in [2.45, 2.75) is 12.8 Å². The molecule has 2 aromatic carbocycles. The lowest BCUT2D eigenvalue weighted by Gasteiger charge is -2.23. The van der Waals surface area contributed by atoms with Crippen LogP contribution in [0.2, 0.25) is 0 Å². The summed E-state index contributed by atoms with van der Waals surface area (Å²) in [6, 6.07) is 13.4. The van der Waals surface area contributed by atoms with Crippen LogP contribution >= 0.6 is 0 Å². The van der Waals surface area contributed by atoms with Crippen LogP contribution in [0.15, 0.2) is 59.5 Å². The normalized spacial score (nSPS) is 14.8. The van der Waals surface area contributed by atoms with Gasteiger partial charge in [0.05, 0.1) is 6.61 Å². The van der Waals surface area contributed by atoms with Gasteiger partial charge in [-0.2, -0.15) is 0 Å². The van der Waals surface area contributed by atoms with Crippen molar-refractivity contribution >= 4 is 0 Å². The van der Waals surface area contributed by atoms with Crippen LogP contribution in [0.1, 0.15) is 12.8 Å². The number of aromatic nitrogens is 2. The summed E-state index contributed by atoms with van der Waals surface area (Å²) in [5.41, 5.74) is 1.99. The van der Waals surface area contributed by atoms with Crippen molar-refractivity contribution < 1.29 is 13.9 Å². The van der Waals surface area contributed by atoms with Crippen LogP contribution < -0.4 is 10.3 Å². The number of rotatable bonds is 5. The largest absolute Gasteiger partial charge is 0.493 e. The summed E-state index contributed by atoms with van der Waals surface area (Å²) in [4.78, 5) is 18.5. The molecule has 28 heavy (non-hydrogen) atoms. The van der Waals surface area contributed by atoms with Crippen molar-refractivity contribution in [3.8, 4) is 28.3 Å². The third-order valence-corrected chi connectivity index (χ3v) is 4.88. The molecule has 0 spiro atoms. The van der Waals surface area contributed by atoms with Crippen molar-refractivity contribution in [3.05, 3.63) is 70.9 Å². The molecule has 0 atom stereocenters. The van der Waals surface area contributed by atoms with E-state index in [0.29, 0.717) is 29.7 Å². The molecule has 5 nitrogen and oxygen atoms in total. The second kappa shape index (κ2) is 8.35. The van der Waals surface area contributed by atoms with E-state index in [-0.39, 0.29) is 11.4 Å². The average molecular weight is 380 g/mol. The van der Waals surface area contributed by atoms with Gasteiger partial charge in [0, 0.05) is 36.6 Å². The summed E-state index contributed by atoms with van der Waals surface area (Å²) in [7, 11) is 0. The van der Waals surface area contributed by atoms with Crippen LogP contribution in [-0.4, -0.2) is 29.8 Å². The average Bonchev–Trinajstić information content (AvgIpc) is 2.74. The molecule has 1 fully saturated rings. The fraction of sp³-hybridized carbons (Fsp3) is 0.273. The summed E-state index contributed by atoms with van der Waals surface area (Å²) >= 11 is 0.